The van der Waals surface area contributed by atoms with E-state index in [2.05, 4.69) is 87.6 Å². The summed E-state index contributed by atoms with van der Waals surface area (Å²) in [7, 11) is 0. The van der Waals surface area contributed by atoms with Gasteiger partial charge in [0.2, 0.25) is 0 Å². The van der Waals surface area contributed by atoms with Crippen LogP contribution in [0, 0.1) is 0 Å². The molecule has 0 spiro atoms. The minimum absolute atomic E-state index is 0.876. The first kappa shape index (κ1) is 16.2. The van der Waals surface area contributed by atoms with Crippen molar-refractivity contribution >= 4 is 54.9 Å². The smallest absolute Gasteiger partial charge is 0.149 e. The van der Waals surface area contributed by atoms with Crippen molar-refractivity contribution in [1.82, 2.24) is 0 Å². The van der Waals surface area contributed by atoms with Crippen LogP contribution in [0.2, 0.25) is 0 Å². The molecule has 0 unspecified atom stereocenters. The van der Waals surface area contributed by atoms with Crippen LogP contribution < -0.4 is 4.90 Å². The summed E-state index contributed by atoms with van der Waals surface area (Å²) in [4.78, 5) is 2.26. The number of halogens is 1. The molecule has 5 aromatic rings. The first-order valence-corrected chi connectivity index (χ1v) is 9.61. The molecule has 27 heavy (non-hydrogen) atoms. The lowest BCUT2D eigenvalue weighted by Gasteiger charge is -2.25. The quantitative estimate of drug-likeness (QED) is 0.299. The molecule has 0 fully saturated rings. The Bertz CT molecular complexity index is 1190. The first-order chi connectivity index (χ1) is 13.3. The van der Waals surface area contributed by atoms with Crippen LogP contribution >= 0.6 is 15.9 Å². The van der Waals surface area contributed by atoms with Crippen molar-refractivity contribution in [3.8, 4) is 0 Å². The van der Waals surface area contributed by atoms with Crippen LogP contribution in [-0.4, -0.2) is 0 Å². The highest BCUT2D eigenvalue weighted by molar-refractivity contribution is 9.10. The topological polar surface area (TPSA) is 16.4 Å². The maximum absolute atomic E-state index is 6.06. The third-order valence-corrected chi connectivity index (χ3v) is 5.29. The van der Waals surface area contributed by atoms with E-state index in [1.54, 1.807) is 0 Å². The predicted molar refractivity (Wildman–Crippen MR) is 116 cm³/mol. The van der Waals surface area contributed by atoms with Gasteiger partial charge in [-0.15, -0.1) is 0 Å². The Kier molecular flexibility index (Phi) is 3.95. The maximum Gasteiger partial charge on any atom is 0.149 e. The molecule has 0 radical (unpaired) electrons. The van der Waals surface area contributed by atoms with E-state index in [1.165, 1.54) is 0 Å². The molecule has 5 rings (SSSR count). The summed E-state index contributed by atoms with van der Waals surface area (Å²) in [5.41, 5.74) is 5.08. The lowest BCUT2D eigenvalue weighted by molar-refractivity contribution is 0.667. The van der Waals surface area contributed by atoms with Crippen LogP contribution in [0.1, 0.15) is 0 Å². The van der Waals surface area contributed by atoms with Gasteiger partial charge in [0, 0.05) is 27.8 Å². The summed E-state index contributed by atoms with van der Waals surface area (Å²) >= 11 is 3.72. The summed E-state index contributed by atoms with van der Waals surface area (Å²) < 4.78 is 7.01. The molecule has 0 atom stereocenters. The Labute approximate surface area is 165 Å². The van der Waals surface area contributed by atoms with Gasteiger partial charge in [0.25, 0.3) is 0 Å². The molecule has 2 nitrogen and oxygen atoms in total. The lowest BCUT2D eigenvalue weighted by Crippen LogP contribution is -2.09. The molecule has 1 aromatic heterocycles. The van der Waals surface area contributed by atoms with Gasteiger partial charge in [-0.05, 0) is 58.4 Å². The monoisotopic (exact) mass is 413 g/mol. The average Bonchev–Trinajstić information content (AvgIpc) is 3.10. The number of rotatable bonds is 3. The van der Waals surface area contributed by atoms with Crippen LogP contribution in [0.5, 0.6) is 0 Å². The van der Waals surface area contributed by atoms with Gasteiger partial charge in [-0.25, -0.2) is 0 Å². The molecule has 0 saturated carbocycles. The normalized spacial score (nSPS) is 11.1. The second kappa shape index (κ2) is 6.60. The molecule has 0 aliphatic rings. The fraction of sp³-hybridized carbons (Fsp3) is 0. The number of para-hydroxylation sites is 3. The van der Waals surface area contributed by atoms with E-state index in [0.717, 1.165) is 43.5 Å². The molecule has 0 aliphatic carbocycles. The van der Waals surface area contributed by atoms with E-state index in [9.17, 15) is 0 Å². The lowest BCUT2D eigenvalue weighted by atomic mass is 10.1. The number of nitrogens with zero attached hydrogens (tertiary/aromatic N) is 1. The SMILES string of the molecule is Brc1cc(N(c2ccccc2)c2ccccc2)cc2c1oc1ccccc12. The summed E-state index contributed by atoms with van der Waals surface area (Å²) in [6, 6.07) is 33.3. The number of benzene rings is 4. The fourth-order valence-electron chi connectivity index (χ4n) is 3.50. The molecule has 4 aromatic carbocycles. The summed E-state index contributed by atoms with van der Waals surface area (Å²) in [5, 5.41) is 2.22. The van der Waals surface area contributed by atoms with E-state index < -0.39 is 0 Å². The van der Waals surface area contributed by atoms with Crippen LogP contribution in [0.15, 0.2) is 106 Å². The van der Waals surface area contributed by atoms with E-state index in [0.29, 0.717) is 0 Å². The van der Waals surface area contributed by atoms with Gasteiger partial charge in [0.05, 0.1) is 4.47 Å². The van der Waals surface area contributed by atoms with Crippen LogP contribution in [0.3, 0.4) is 0 Å². The summed E-state index contributed by atoms with van der Waals surface area (Å²) in [6.45, 7) is 0. The third kappa shape index (κ3) is 2.81. The highest BCUT2D eigenvalue weighted by Gasteiger charge is 2.17. The van der Waals surface area contributed by atoms with Crippen molar-refractivity contribution in [3.63, 3.8) is 0 Å². The molecule has 0 amide bonds. The number of anilines is 3. The predicted octanol–water partition coefficient (Wildman–Crippen LogP) is 7.82. The van der Waals surface area contributed by atoms with Gasteiger partial charge in [-0.3, -0.25) is 0 Å². The Morgan fingerprint density at radius 2 is 1.19 bits per heavy atom. The molecule has 0 aliphatic heterocycles. The maximum atomic E-state index is 6.06. The van der Waals surface area contributed by atoms with Crippen molar-refractivity contribution in [3.05, 3.63) is 102 Å². The third-order valence-electron chi connectivity index (χ3n) is 4.70. The minimum atomic E-state index is 0.876. The number of furan rings is 1. The molecule has 1 heterocycles. The highest BCUT2D eigenvalue weighted by Crippen LogP contribution is 2.41. The molecule has 130 valence electrons. The average molecular weight is 414 g/mol. The van der Waals surface area contributed by atoms with Crippen molar-refractivity contribution in [2.45, 2.75) is 0 Å². The van der Waals surface area contributed by atoms with Crippen LogP contribution in [0.4, 0.5) is 17.1 Å². The molecule has 0 N–H and O–H groups in total. The second-order valence-electron chi connectivity index (χ2n) is 6.41. The standard InChI is InChI=1S/C24H16BrNO/c25-22-16-19(15-21-20-13-7-8-14-23(20)27-24(21)22)26(17-9-3-1-4-10-17)18-11-5-2-6-12-18/h1-16H. The fourth-order valence-corrected chi connectivity index (χ4v) is 4.03. The van der Waals surface area contributed by atoms with Crippen molar-refractivity contribution in [2.24, 2.45) is 0 Å². The van der Waals surface area contributed by atoms with E-state index >= 15 is 0 Å². The first-order valence-electron chi connectivity index (χ1n) is 8.82. The van der Waals surface area contributed by atoms with Gasteiger partial charge >= 0.3 is 0 Å². The van der Waals surface area contributed by atoms with Crippen LogP contribution in [0.25, 0.3) is 21.9 Å². The van der Waals surface area contributed by atoms with Gasteiger partial charge in [-0.2, -0.15) is 0 Å². The Morgan fingerprint density at radius 1 is 0.593 bits per heavy atom. The van der Waals surface area contributed by atoms with Gasteiger partial charge < -0.3 is 9.32 Å². The Morgan fingerprint density at radius 3 is 1.85 bits per heavy atom. The van der Waals surface area contributed by atoms with Crippen LogP contribution in [-0.2, 0) is 0 Å². The highest BCUT2D eigenvalue weighted by atomic mass is 79.9. The van der Waals surface area contributed by atoms with Gasteiger partial charge in [0.1, 0.15) is 11.2 Å². The zero-order valence-electron chi connectivity index (χ0n) is 14.5. The molecular formula is C24H16BrNO. The molecule has 3 heteroatoms. The largest absolute Gasteiger partial charge is 0.455 e. The Hall–Kier alpha value is -3.04. The van der Waals surface area contributed by atoms with E-state index in [-0.39, 0.29) is 0 Å². The van der Waals surface area contributed by atoms with E-state index in [4.69, 9.17) is 4.42 Å². The zero-order valence-corrected chi connectivity index (χ0v) is 16.1. The zero-order chi connectivity index (χ0) is 18.2. The summed E-state index contributed by atoms with van der Waals surface area (Å²) in [6.07, 6.45) is 0. The number of hydrogen-bond acceptors (Lipinski definition) is 2. The van der Waals surface area contributed by atoms with Crippen molar-refractivity contribution < 1.29 is 4.42 Å². The molecule has 0 bridgehead atoms. The van der Waals surface area contributed by atoms with Crippen molar-refractivity contribution in [1.29, 1.82) is 0 Å². The second-order valence-corrected chi connectivity index (χ2v) is 7.26. The van der Waals surface area contributed by atoms with Gasteiger partial charge in [0.15, 0.2) is 0 Å². The number of hydrogen-bond donors (Lipinski definition) is 0. The number of fused-ring (bicyclic) bond motifs is 3. The van der Waals surface area contributed by atoms with Crippen molar-refractivity contribution in [2.75, 3.05) is 4.90 Å². The van der Waals surface area contributed by atoms with Gasteiger partial charge in [-0.1, -0.05) is 54.6 Å². The molecular weight excluding hydrogens is 398 g/mol. The Balaban J connectivity index is 1.79. The minimum Gasteiger partial charge on any atom is -0.455 e. The summed E-state index contributed by atoms with van der Waals surface area (Å²) in [5.74, 6) is 0. The molecule has 0 saturated heterocycles. The van der Waals surface area contributed by atoms with E-state index in [1.807, 2.05) is 30.3 Å².